The Morgan fingerprint density at radius 3 is 2.23 bits per heavy atom. The Bertz CT molecular complexity index is 1030. The molecule has 0 saturated heterocycles. The summed E-state index contributed by atoms with van der Waals surface area (Å²) in [5.41, 5.74) is 4.16. The fraction of sp³-hybridized carbons (Fsp3) is 0.0476. The quantitative estimate of drug-likeness (QED) is 0.510. The predicted molar refractivity (Wildman–Crippen MR) is 112 cm³/mol. The van der Waals surface area contributed by atoms with Crippen molar-refractivity contribution in [1.82, 2.24) is 9.55 Å². The lowest BCUT2D eigenvalue weighted by Gasteiger charge is -2.13. The fourth-order valence-electron chi connectivity index (χ4n) is 2.88. The minimum absolute atomic E-state index is 0.515. The average Bonchev–Trinajstić information content (AvgIpc) is 3.00. The second-order valence-electron chi connectivity index (χ2n) is 5.94. The van der Waals surface area contributed by atoms with Crippen LogP contribution in [0.15, 0.2) is 84.9 Å². The standard InChI is InChI=1S/C21H18N4S/c26-21(22-17-11-5-2-6-12-17)24-20-23-18-13-7-8-14-19(18)25(20)15-16-9-3-1-4-10-16/h1-14H,15H2,(H2,22,23,24,26). The number of rotatable bonds is 4. The van der Waals surface area contributed by atoms with Gasteiger partial charge >= 0.3 is 0 Å². The third-order valence-corrected chi connectivity index (χ3v) is 4.30. The predicted octanol–water partition coefficient (Wildman–Crippen LogP) is 4.89. The normalized spacial score (nSPS) is 10.6. The van der Waals surface area contributed by atoms with Gasteiger partial charge in [0.05, 0.1) is 17.6 Å². The lowest BCUT2D eigenvalue weighted by atomic mass is 10.2. The Labute approximate surface area is 157 Å². The van der Waals surface area contributed by atoms with Crippen LogP contribution in [0, 0.1) is 0 Å². The lowest BCUT2D eigenvalue weighted by Crippen LogP contribution is -2.21. The van der Waals surface area contributed by atoms with E-state index in [9.17, 15) is 0 Å². The van der Waals surface area contributed by atoms with Gasteiger partial charge < -0.3 is 15.2 Å². The molecule has 0 radical (unpaired) electrons. The average molecular weight is 358 g/mol. The van der Waals surface area contributed by atoms with Gasteiger partial charge in [-0.2, -0.15) is 0 Å². The van der Waals surface area contributed by atoms with Crippen molar-refractivity contribution in [3.8, 4) is 0 Å². The Kier molecular flexibility index (Phi) is 4.62. The molecule has 5 heteroatoms. The van der Waals surface area contributed by atoms with Crippen LogP contribution in [-0.4, -0.2) is 14.7 Å². The van der Waals surface area contributed by atoms with Crippen molar-refractivity contribution < 1.29 is 0 Å². The fourth-order valence-corrected chi connectivity index (χ4v) is 3.09. The summed E-state index contributed by atoms with van der Waals surface area (Å²) in [6.07, 6.45) is 0. The van der Waals surface area contributed by atoms with Gasteiger partial charge in [0.2, 0.25) is 5.95 Å². The van der Waals surface area contributed by atoms with Gasteiger partial charge in [0.25, 0.3) is 0 Å². The molecular formula is C21H18N4S. The lowest BCUT2D eigenvalue weighted by molar-refractivity contribution is 0.837. The van der Waals surface area contributed by atoms with Crippen molar-refractivity contribution in [2.24, 2.45) is 0 Å². The van der Waals surface area contributed by atoms with E-state index < -0.39 is 0 Å². The molecule has 1 aromatic heterocycles. The summed E-state index contributed by atoms with van der Waals surface area (Å²) in [4.78, 5) is 4.71. The number of thiocarbonyl (C=S) groups is 1. The molecule has 0 saturated carbocycles. The van der Waals surface area contributed by atoms with Crippen LogP contribution in [0.3, 0.4) is 0 Å². The van der Waals surface area contributed by atoms with E-state index in [1.807, 2.05) is 66.7 Å². The van der Waals surface area contributed by atoms with Gasteiger partial charge in [-0.15, -0.1) is 0 Å². The van der Waals surface area contributed by atoms with Gasteiger partial charge in [0, 0.05) is 5.69 Å². The molecular weight excluding hydrogens is 340 g/mol. The molecule has 4 rings (SSSR count). The molecule has 0 unspecified atom stereocenters. The summed E-state index contributed by atoms with van der Waals surface area (Å²) in [6, 6.07) is 28.3. The van der Waals surface area contributed by atoms with Gasteiger partial charge in [0.1, 0.15) is 0 Å². The zero-order chi connectivity index (χ0) is 17.8. The smallest absolute Gasteiger partial charge is 0.210 e. The minimum Gasteiger partial charge on any atom is -0.332 e. The molecule has 0 aliphatic heterocycles. The monoisotopic (exact) mass is 358 g/mol. The van der Waals surface area contributed by atoms with Crippen molar-refractivity contribution in [1.29, 1.82) is 0 Å². The molecule has 0 spiro atoms. The second kappa shape index (κ2) is 7.37. The number of fused-ring (bicyclic) bond motifs is 1. The molecule has 128 valence electrons. The topological polar surface area (TPSA) is 41.9 Å². The highest BCUT2D eigenvalue weighted by molar-refractivity contribution is 7.80. The Morgan fingerprint density at radius 2 is 1.46 bits per heavy atom. The SMILES string of the molecule is S=C(Nc1ccccc1)Nc1nc2ccccc2n1Cc1ccccc1. The maximum atomic E-state index is 5.47. The summed E-state index contributed by atoms with van der Waals surface area (Å²) in [5.74, 6) is 0.725. The van der Waals surface area contributed by atoms with Gasteiger partial charge in [-0.3, -0.25) is 0 Å². The highest BCUT2D eigenvalue weighted by Gasteiger charge is 2.12. The number of aromatic nitrogens is 2. The van der Waals surface area contributed by atoms with E-state index in [4.69, 9.17) is 17.2 Å². The third kappa shape index (κ3) is 3.58. The molecule has 0 atom stereocenters. The van der Waals surface area contributed by atoms with E-state index in [0.29, 0.717) is 5.11 Å². The first kappa shape index (κ1) is 16.3. The molecule has 4 nitrogen and oxygen atoms in total. The first-order chi connectivity index (χ1) is 12.8. The minimum atomic E-state index is 0.515. The number of nitrogens with one attached hydrogen (secondary N) is 2. The first-order valence-electron chi connectivity index (χ1n) is 8.42. The highest BCUT2D eigenvalue weighted by Crippen LogP contribution is 2.21. The number of para-hydroxylation sites is 3. The van der Waals surface area contributed by atoms with Crippen molar-refractivity contribution in [2.45, 2.75) is 6.54 Å². The van der Waals surface area contributed by atoms with E-state index in [-0.39, 0.29) is 0 Å². The number of imidazole rings is 1. The van der Waals surface area contributed by atoms with Crippen LogP contribution in [0.4, 0.5) is 11.6 Å². The van der Waals surface area contributed by atoms with Crippen LogP contribution < -0.4 is 10.6 Å². The number of anilines is 2. The van der Waals surface area contributed by atoms with Gasteiger partial charge in [-0.05, 0) is 42.0 Å². The summed E-state index contributed by atoms with van der Waals surface area (Å²) >= 11 is 5.47. The molecule has 0 aliphatic carbocycles. The van der Waals surface area contributed by atoms with E-state index in [2.05, 4.69) is 33.4 Å². The van der Waals surface area contributed by atoms with Crippen LogP contribution in [0.5, 0.6) is 0 Å². The summed E-state index contributed by atoms with van der Waals surface area (Å²) < 4.78 is 2.14. The maximum absolute atomic E-state index is 5.47. The number of hydrogen-bond donors (Lipinski definition) is 2. The number of benzene rings is 3. The van der Waals surface area contributed by atoms with Crippen LogP contribution in [0.25, 0.3) is 11.0 Å². The summed E-state index contributed by atoms with van der Waals surface area (Å²) in [5, 5.41) is 6.95. The molecule has 3 aromatic carbocycles. The van der Waals surface area contributed by atoms with Crippen LogP contribution in [0.1, 0.15) is 5.56 Å². The second-order valence-corrected chi connectivity index (χ2v) is 6.35. The zero-order valence-electron chi connectivity index (χ0n) is 14.1. The van der Waals surface area contributed by atoms with E-state index in [0.717, 1.165) is 29.2 Å². The maximum Gasteiger partial charge on any atom is 0.210 e. The zero-order valence-corrected chi connectivity index (χ0v) is 14.9. The number of nitrogens with zero attached hydrogens (tertiary/aromatic N) is 2. The molecule has 4 aromatic rings. The third-order valence-electron chi connectivity index (χ3n) is 4.10. The summed E-state index contributed by atoms with van der Waals surface area (Å²) in [6.45, 7) is 0.720. The van der Waals surface area contributed by atoms with Crippen LogP contribution in [-0.2, 0) is 6.54 Å². The van der Waals surface area contributed by atoms with Gasteiger partial charge in [-0.25, -0.2) is 4.98 Å². The summed E-state index contributed by atoms with van der Waals surface area (Å²) in [7, 11) is 0. The van der Waals surface area contributed by atoms with Crippen molar-refractivity contribution in [3.05, 3.63) is 90.5 Å². The van der Waals surface area contributed by atoms with Crippen LogP contribution >= 0.6 is 12.2 Å². The van der Waals surface area contributed by atoms with E-state index in [1.54, 1.807) is 0 Å². The van der Waals surface area contributed by atoms with Crippen molar-refractivity contribution in [2.75, 3.05) is 10.6 Å². The van der Waals surface area contributed by atoms with Gasteiger partial charge in [0.15, 0.2) is 5.11 Å². The molecule has 0 aliphatic rings. The molecule has 2 N–H and O–H groups in total. The largest absolute Gasteiger partial charge is 0.332 e. The van der Waals surface area contributed by atoms with E-state index >= 15 is 0 Å². The Morgan fingerprint density at radius 1 is 0.808 bits per heavy atom. The van der Waals surface area contributed by atoms with Crippen molar-refractivity contribution in [3.63, 3.8) is 0 Å². The molecule has 0 bridgehead atoms. The highest BCUT2D eigenvalue weighted by atomic mass is 32.1. The van der Waals surface area contributed by atoms with Crippen molar-refractivity contribution >= 4 is 40.0 Å². The number of hydrogen-bond acceptors (Lipinski definition) is 2. The Hall–Kier alpha value is -3.18. The Balaban J connectivity index is 1.63. The van der Waals surface area contributed by atoms with Gasteiger partial charge in [-0.1, -0.05) is 60.7 Å². The molecule has 1 heterocycles. The van der Waals surface area contributed by atoms with E-state index in [1.165, 1.54) is 5.56 Å². The first-order valence-corrected chi connectivity index (χ1v) is 8.83. The molecule has 26 heavy (non-hydrogen) atoms. The molecule has 0 fully saturated rings. The van der Waals surface area contributed by atoms with Crippen LogP contribution in [0.2, 0.25) is 0 Å². The molecule has 0 amide bonds.